The van der Waals surface area contributed by atoms with E-state index in [1.807, 2.05) is 0 Å². The van der Waals surface area contributed by atoms with Gasteiger partial charge >= 0.3 is 0 Å². The van der Waals surface area contributed by atoms with Crippen LogP contribution in [0.15, 0.2) is 96.0 Å². The second kappa shape index (κ2) is 9.34. The van der Waals surface area contributed by atoms with Crippen LogP contribution in [-0.2, 0) is 4.52 Å². The van der Waals surface area contributed by atoms with Gasteiger partial charge in [-0.05, 0) is 31.9 Å². The number of rotatable bonds is 7. The molecule has 1 heterocycles. The van der Waals surface area contributed by atoms with Gasteiger partial charge < -0.3 is 9.42 Å². The first-order valence-electron chi connectivity index (χ1n) is 11.0. The summed E-state index contributed by atoms with van der Waals surface area (Å²) in [5, 5.41) is 2.42. The van der Waals surface area contributed by atoms with E-state index in [4.69, 9.17) is 9.52 Å². The van der Waals surface area contributed by atoms with Crippen molar-refractivity contribution in [3.63, 3.8) is 0 Å². The predicted octanol–water partition coefficient (Wildman–Crippen LogP) is 5.77. The molecule has 3 aromatic carbocycles. The highest BCUT2D eigenvalue weighted by Gasteiger charge is 2.40. The third kappa shape index (κ3) is 4.89. The molecule has 0 amide bonds. The third-order valence-electron chi connectivity index (χ3n) is 5.59. The molecule has 4 heteroatoms. The molecule has 0 aliphatic carbocycles. The number of nitrogens with zero attached hydrogens (tertiary/aromatic N) is 2. The summed E-state index contributed by atoms with van der Waals surface area (Å²) >= 11 is 0. The zero-order valence-corrected chi connectivity index (χ0v) is 19.7. The van der Waals surface area contributed by atoms with E-state index in [2.05, 4.69) is 124 Å². The highest BCUT2D eigenvalue weighted by molar-refractivity contribution is 7.68. The van der Waals surface area contributed by atoms with Crippen LogP contribution in [0.3, 0.4) is 0 Å². The van der Waals surface area contributed by atoms with E-state index in [9.17, 15) is 0 Å². The molecule has 0 radical (unpaired) electrons. The van der Waals surface area contributed by atoms with Crippen LogP contribution in [0, 0.1) is 5.92 Å². The van der Waals surface area contributed by atoms with Gasteiger partial charge in [-0.3, -0.25) is 4.99 Å². The largest absolute Gasteiger partial charge is 0.336 e. The van der Waals surface area contributed by atoms with Gasteiger partial charge in [0.25, 0.3) is 0 Å². The lowest BCUT2D eigenvalue weighted by Gasteiger charge is -2.35. The molecule has 3 nitrogen and oxygen atoms in total. The maximum absolute atomic E-state index is 6.97. The Morgan fingerprint density at radius 1 is 0.839 bits per heavy atom. The Bertz CT molecular complexity index is 964. The summed E-state index contributed by atoms with van der Waals surface area (Å²) in [5.74, 6) is 1.49. The van der Waals surface area contributed by atoms with Crippen molar-refractivity contribution < 1.29 is 4.52 Å². The molecule has 1 atom stereocenters. The van der Waals surface area contributed by atoms with Crippen molar-refractivity contribution >= 4 is 30.3 Å². The van der Waals surface area contributed by atoms with Gasteiger partial charge in [-0.15, -0.1) is 0 Å². The average Bonchev–Trinajstić information content (AvgIpc) is 3.26. The zero-order chi connectivity index (χ0) is 21.8. The smallest absolute Gasteiger partial charge is 0.136 e. The van der Waals surface area contributed by atoms with Crippen molar-refractivity contribution in [2.45, 2.75) is 39.3 Å². The van der Waals surface area contributed by atoms with E-state index in [0.717, 1.165) is 12.4 Å². The lowest BCUT2D eigenvalue weighted by Crippen LogP contribution is -2.45. The van der Waals surface area contributed by atoms with Crippen molar-refractivity contribution in [3.05, 3.63) is 91.0 Å². The summed E-state index contributed by atoms with van der Waals surface area (Å²) in [6, 6.07) is 31.9. The standard InChI is InChI=1S/C27H31N2OP/c1-21(2)25-20-29(22-14-8-5-9-15-22)26(28-25)27(3,4)30-31(23-16-10-6-11-17-23)24-18-12-7-13-19-24/h5-19,21,25H,20H2,1-4H3. The van der Waals surface area contributed by atoms with Gasteiger partial charge in [0.2, 0.25) is 0 Å². The number of benzene rings is 3. The van der Waals surface area contributed by atoms with Crippen LogP contribution >= 0.6 is 8.15 Å². The lowest BCUT2D eigenvalue weighted by molar-refractivity contribution is 0.210. The van der Waals surface area contributed by atoms with E-state index >= 15 is 0 Å². The van der Waals surface area contributed by atoms with Crippen LogP contribution in [-0.4, -0.2) is 24.0 Å². The fraction of sp³-hybridized carbons (Fsp3) is 0.296. The van der Waals surface area contributed by atoms with Crippen LogP contribution < -0.4 is 15.5 Å². The second-order valence-electron chi connectivity index (χ2n) is 8.78. The molecule has 31 heavy (non-hydrogen) atoms. The molecule has 3 aromatic rings. The molecule has 0 bridgehead atoms. The molecule has 0 N–H and O–H groups in total. The van der Waals surface area contributed by atoms with Crippen molar-refractivity contribution in [2.75, 3.05) is 11.4 Å². The van der Waals surface area contributed by atoms with E-state index in [1.54, 1.807) is 0 Å². The predicted molar refractivity (Wildman–Crippen MR) is 134 cm³/mol. The minimum Gasteiger partial charge on any atom is -0.336 e. The monoisotopic (exact) mass is 430 g/mol. The number of para-hydroxylation sites is 1. The summed E-state index contributed by atoms with van der Waals surface area (Å²) in [7, 11) is -0.980. The summed E-state index contributed by atoms with van der Waals surface area (Å²) in [6.07, 6.45) is 0. The molecule has 0 saturated carbocycles. The second-order valence-corrected chi connectivity index (χ2v) is 10.6. The molecular weight excluding hydrogens is 399 g/mol. The SMILES string of the molecule is CC(C)C1CN(c2ccccc2)C(C(C)(C)OP(c2ccccc2)c2ccccc2)=N1. The van der Waals surface area contributed by atoms with Crippen molar-refractivity contribution in [1.29, 1.82) is 0 Å². The summed E-state index contributed by atoms with van der Waals surface area (Å²) < 4.78 is 6.97. The first-order valence-corrected chi connectivity index (χ1v) is 12.2. The van der Waals surface area contributed by atoms with Crippen molar-refractivity contribution in [3.8, 4) is 0 Å². The highest BCUT2D eigenvalue weighted by atomic mass is 31.1. The summed E-state index contributed by atoms with van der Waals surface area (Å²) in [6.45, 7) is 9.69. The minimum atomic E-state index is -0.980. The summed E-state index contributed by atoms with van der Waals surface area (Å²) in [4.78, 5) is 7.53. The van der Waals surface area contributed by atoms with Crippen molar-refractivity contribution in [1.82, 2.24) is 0 Å². The molecule has 4 rings (SSSR count). The van der Waals surface area contributed by atoms with Crippen LogP contribution in [0.2, 0.25) is 0 Å². The fourth-order valence-corrected chi connectivity index (χ4v) is 5.80. The lowest BCUT2D eigenvalue weighted by atomic mass is 10.1. The normalized spacial score (nSPS) is 16.8. The Kier molecular flexibility index (Phi) is 6.55. The van der Waals surface area contributed by atoms with Gasteiger partial charge in [-0.2, -0.15) is 0 Å². The van der Waals surface area contributed by atoms with Crippen LogP contribution in [0.5, 0.6) is 0 Å². The molecule has 1 aliphatic heterocycles. The van der Waals surface area contributed by atoms with E-state index in [1.165, 1.54) is 16.3 Å². The van der Waals surface area contributed by atoms with Gasteiger partial charge in [-0.25, -0.2) is 0 Å². The number of amidine groups is 1. The Hall–Kier alpha value is -2.48. The molecule has 1 unspecified atom stereocenters. The molecule has 0 spiro atoms. The van der Waals surface area contributed by atoms with Crippen molar-refractivity contribution in [2.24, 2.45) is 10.9 Å². The molecule has 160 valence electrons. The maximum atomic E-state index is 6.97. The average molecular weight is 431 g/mol. The van der Waals surface area contributed by atoms with Gasteiger partial charge in [0.15, 0.2) is 0 Å². The zero-order valence-electron chi connectivity index (χ0n) is 18.8. The molecule has 0 fully saturated rings. The Morgan fingerprint density at radius 3 is 1.81 bits per heavy atom. The number of hydrogen-bond donors (Lipinski definition) is 0. The van der Waals surface area contributed by atoms with Gasteiger partial charge in [0.1, 0.15) is 11.4 Å². The number of anilines is 1. The molecule has 1 aliphatic rings. The number of hydrogen-bond acceptors (Lipinski definition) is 3. The summed E-state index contributed by atoms with van der Waals surface area (Å²) in [5.41, 5.74) is 0.626. The van der Waals surface area contributed by atoms with E-state index in [-0.39, 0.29) is 6.04 Å². The van der Waals surface area contributed by atoms with Gasteiger partial charge in [0, 0.05) is 22.8 Å². The van der Waals surface area contributed by atoms with Gasteiger partial charge in [0.05, 0.1) is 14.2 Å². The molecular formula is C27H31N2OP. The third-order valence-corrected chi connectivity index (χ3v) is 7.76. The first-order chi connectivity index (χ1) is 15.0. The Balaban J connectivity index is 1.71. The van der Waals surface area contributed by atoms with E-state index < -0.39 is 13.7 Å². The number of aliphatic imine (C=N–C) groups is 1. The highest BCUT2D eigenvalue weighted by Crippen LogP contribution is 2.42. The Morgan fingerprint density at radius 2 is 1.32 bits per heavy atom. The molecule has 0 aromatic heterocycles. The van der Waals surface area contributed by atoms with Gasteiger partial charge in [-0.1, -0.05) is 92.7 Å². The minimum absolute atomic E-state index is 0.262. The van der Waals surface area contributed by atoms with Crippen LogP contribution in [0.4, 0.5) is 5.69 Å². The quantitative estimate of drug-likeness (QED) is 0.444. The first kappa shape index (κ1) is 21.7. The maximum Gasteiger partial charge on any atom is 0.136 e. The molecule has 0 saturated heterocycles. The Labute approximate surface area is 187 Å². The van der Waals surface area contributed by atoms with Crippen LogP contribution in [0.1, 0.15) is 27.7 Å². The van der Waals surface area contributed by atoms with E-state index in [0.29, 0.717) is 5.92 Å². The van der Waals surface area contributed by atoms with Crippen LogP contribution in [0.25, 0.3) is 0 Å². The fourth-order valence-electron chi connectivity index (χ4n) is 3.87. The topological polar surface area (TPSA) is 24.8 Å².